The van der Waals surface area contributed by atoms with Crippen molar-refractivity contribution < 1.29 is 4.42 Å². The molecular formula is C13H18N4OS. The molecule has 102 valence electrons. The van der Waals surface area contributed by atoms with E-state index < -0.39 is 0 Å². The van der Waals surface area contributed by atoms with Gasteiger partial charge in [0.25, 0.3) is 5.22 Å². The Morgan fingerprint density at radius 1 is 1.32 bits per heavy atom. The van der Waals surface area contributed by atoms with Crippen molar-refractivity contribution in [2.45, 2.75) is 43.4 Å². The molecule has 0 aliphatic heterocycles. The molecule has 1 N–H and O–H groups in total. The van der Waals surface area contributed by atoms with Crippen molar-refractivity contribution >= 4 is 17.6 Å². The summed E-state index contributed by atoms with van der Waals surface area (Å²) in [7, 11) is 0. The maximum absolute atomic E-state index is 5.26. The zero-order valence-corrected chi connectivity index (χ0v) is 12.2. The molecule has 0 spiro atoms. The first-order chi connectivity index (χ1) is 9.22. The van der Waals surface area contributed by atoms with Gasteiger partial charge in [0.05, 0.1) is 6.20 Å². The van der Waals surface area contributed by atoms with Crippen LogP contribution in [0, 0.1) is 0 Å². The van der Waals surface area contributed by atoms with Crippen LogP contribution in [0.3, 0.4) is 0 Å². The van der Waals surface area contributed by atoms with Crippen LogP contribution >= 0.6 is 11.8 Å². The molecule has 0 bridgehead atoms. The quantitative estimate of drug-likeness (QED) is 0.815. The van der Waals surface area contributed by atoms with Crippen LogP contribution in [0.4, 0.5) is 5.82 Å². The lowest BCUT2D eigenvalue weighted by Crippen LogP contribution is -2.08. The van der Waals surface area contributed by atoms with Crippen LogP contribution in [0.5, 0.6) is 0 Å². The molecule has 2 aromatic heterocycles. The van der Waals surface area contributed by atoms with Crippen LogP contribution < -0.4 is 5.32 Å². The molecule has 0 radical (unpaired) electrons. The van der Waals surface area contributed by atoms with Gasteiger partial charge in [0.15, 0.2) is 0 Å². The van der Waals surface area contributed by atoms with Crippen LogP contribution in [-0.4, -0.2) is 21.5 Å². The van der Waals surface area contributed by atoms with E-state index in [1.165, 1.54) is 11.8 Å². The van der Waals surface area contributed by atoms with E-state index in [0.717, 1.165) is 29.4 Å². The average molecular weight is 278 g/mol. The number of hydrogen-bond acceptors (Lipinski definition) is 6. The average Bonchev–Trinajstić information content (AvgIpc) is 2.89. The third-order valence-electron chi connectivity index (χ3n) is 2.56. The summed E-state index contributed by atoms with van der Waals surface area (Å²) in [6.07, 6.45) is 5.84. The number of nitrogens with zero attached hydrogens (tertiary/aromatic N) is 3. The zero-order valence-electron chi connectivity index (χ0n) is 11.4. The molecule has 0 saturated carbocycles. The standard InChI is InChI=1S/C13H18N4OS/c1-4-5-14-11-10(9(2)3)12(17-8-16-11)19-13-15-6-7-18-13/h6-9H,4-5H2,1-3H3,(H,14,16,17). The lowest BCUT2D eigenvalue weighted by atomic mass is 10.1. The van der Waals surface area contributed by atoms with Crippen molar-refractivity contribution in [2.75, 3.05) is 11.9 Å². The van der Waals surface area contributed by atoms with Crippen molar-refractivity contribution in [3.05, 3.63) is 24.4 Å². The summed E-state index contributed by atoms with van der Waals surface area (Å²) in [5.41, 5.74) is 1.11. The van der Waals surface area contributed by atoms with Crippen LogP contribution in [0.15, 0.2) is 33.5 Å². The molecule has 0 aromatic carbocycles. The molecule has 0 unspecified atom stereocenters. The number of rotatable bonds is 6. The lowest BCUT2D eigenvalue weighted by Gasteiger charge is -2.15. The minimum atomic E-state index is 0.331. The minimum Gasteiger partial charge on any atom is -0.440 e. The third kappa shape index (κ3) is 3.47. The fraction of sp³-hybridized carbons (Fsp3) is 0.462. The van der Waals surface area contributed by atoms with E-state index >= 15 is 0 Å². The first kappa shape index (κ1) is 13.9. The molecule has 19 heavy (non-hydrogen) atoms. The van der Waals surface area contributed by atoms with Crippen LogP contribution in [-0.2, 0) is 0 Å². The van der Waals surface area contributed by atoms with Gasteiger partial charge in [0.2, 0.25) is 0 Å². The predicted octanol–water partition coefficient (Wildman–Crippen LogP) is 3.56. The second-order valence-electron chi connectivity index (χ2n) is 4.42. The number of oxazole rings is 1. The molecule has 0 atom stereocenters. The highest BCUT2D eigenvalue weighted by Gasteiger charge is 2.17. The monoisotopic (exact) mass is 278 g/mol. The number of nitrogens with one attached hydrogen (secondary N) is 1. The van der Waals surface area contributed by atoms with Gasteiger partial charge < -0.3 is 9.73 Å². The van der Waals surface area contributed by atoms with Crippen molar-refractivity contribution in [1.82, 2.24) is 15.0 Å². The predicted molar refractivity (Wildman–Crippen MR) is 75.5 cm³/mol. The van der Waals surface area contributed by atoms with Crippen LogP contribution in [0.25, 0.3) is 0 Å². The fourth-order valence-corrected chi connectivity index (χ4v) is 2.63. The Hall–Kier alpha value is -1.56. The van der Waals surface area contributed by atoms with Gasteiger partial charge in [0, 0.05) is 12.1 Å². The van der Waals surface area contributed by atoms with E-state index in [9.17, 15) is 0 Å². The molecule has 0 aliphatic rings. The zero-order chi connectivity index (χ0) is 13.7. The van der Waals surface area contributed by atoms with E-state index in [4.69, 9.17) is 4.42 Å². The topological polar surface area (TPSA) is 63.8 Å². The maximum Gasteiger partial charge on any atom is 0.261 e. The van der Waals surface area contributed by atoms with Gasteiger partial charge in [0.1, 0.15) is 23.4 Å². The molecule has 0 fully saturated rings. The highest BCUT2D eigenvalue weighted by molar-refractivity contribution is 7.99. The Kier molecular flexibility index (Phi) is 4.79. The van der Waals surface area contributed by atoms with Gasteiger partial charge in [-0.05, 0) is 24.1 Å². The van der Waals surface area contributed by atoms with E-state index in [-0.39, 0.29) is 0 Å². The van der Waals surface area contributed by atoms with E-state index in [1.807, 2.05) is 0 Å². The third-order valence-corrected chi connectivity index (χ3v) is 3.46. The second kappa shape index (κ2) is 6.56. The van der Waals surface area contributed by atoms with Crippen LogP contribution in [0.2, 0.25) is 0 Å². The molecule has 5 nitrogen and oxygen atoms in total. The largest absolute Gasteiger partial charge is 0.440 e. The first-order valence-electron chi connectivity index (χ1n) is 6.38. The SMILES string of the molecule is CCCNc1ncnc(Sc2ncco2)c1C(C)C. The Morgan fingerprint density at radius 2 is 2.16 bits per heavy atom. The van der Waals surface area contributed by atoms with Gasteiger partial charge in [-0.3, -0.25) is 0 Å². The molecule has 6 heteroatoms. The summed E-state index contributed by atoms with van der Waals surface area (Å²) in [5.74, 6) is 1.24. The molecule has 2 rings (SSSR count). The van der Waals surface area contributed by atoms with E-state index in [1.54, 1.807) is 18.8 Å². The normalized spacial score (nSPS) is 10.9. The Balaban J connectivity index is 2.31. The highest BCUT2D eigenvalue weighted by Crippen LogP contribution is 2.34. The summed E-state index contributed by atoms with van der Waals surface area (Å²) >= 11 is 1.43. The fourth-order valence-electron chi connectivity index (χ4n) is 1.71. The molecular weight excluding hydrogens is 260 g/mol. The van der Waals surface area contributed by atoms with E-state index in [2.05, 4.69) is 41.0 Å². The summed E-state index contributed by atoms with van der Waals surface area (Å²) in [4.78, 5) is 12.8. The van der Waals surface area contributed by atoms with Gasteiger partial charge in [-0.2, -0.15) is 0 Å². The van der Waals surface area contributed by atoms with E-state index in [0.29, 0.717) is 11.1 Å². The van der Waals surface area contributed by atoms with Crippen molar-refractivity contribution in [1.29, 1.82) is 0 Å². The Bertz CT molecular complexity index is 513. The molecule has 2 heterocycles. The Morgan fingerprint density at radius 3 is 2.79 bits per heavy atom. The summed E-state index contributed by atoms with van der Waals surface area (Å²) in [5, 5.41) is 4.84. The molecule has 0 amide bonds. The summed E-state index contributed by atoms with van der Waals surface area (Å²) in [6.45, 7) is 7.30. The summed E-state index contributed by atoms with van der Waals surface area (Å²) in [6, 6.07) is 0. The van der Waals surface area contributed by atoms with Crippen molar-refractivity contribution in [3.63, 3.8) is 0 Å². The highest BCUT2D eigenvalue weighted by atomic mass is 32.2. The number of aromatic nitrogens is 3. The Labute approximate surface area is 117 Å². The van der Waals surface area contributed by atoms with Crippen molar-refractivity contribution in [3.8, 4) is 0 Å². The van der Waals surface area contributed by atoms with Gasteiger partial charge >= 0.3 is 0 Å². The molecule has 2 aromatic rings. The number of anilines is 1. The number of hydrogen-bond donors (Lipinski definition) is 1. The maximum atomic E-state index is 5.26. The minimum absolute atomic E-state index is 0.331. The summed E-state index contributed by atoms with van der Waals surface area (Å²) < 4.78 is 5.26. The van der Waals surface area contributed by atoms with Crippen molar-refractivity contribution in [2.24, 2.45) is 0 Å². The lowest BCUT2D eigenvalue weighted by molar-refractivity contribution is 0.453. The molecule has 0 saturated heterocycles. The first-order valence-corrected chi connectivity index (χ1v) is 7.20. The van der Waals surface area contributed by atoms with Gasteiger partial charge in [-0.1, -0.05) is 20.8 Å². The van der Waals surface area contributed by atoms with Gasteiger partial charge in [-0.15, -0.1) is 0 Å². The van der Waals surface area contributed by atoms with Gasteiger partial charge in [-0.25, -0.2) is 15.0 Å². The smallest absolute Gasteiger partial charge is 0.261 e. The second-order valence-corrected chi connectivity index (χ2v) is 5.36. The van der Waals surface area contributed by atoms with Crippen LogP contribution in [0.1, 0.15) is 38.7 Å². The molecule has 0 aliphatic carbocycles.